The van der Waals surface area contributed by atoms with Crippen molar-refractivity contribution in [1.29, 1.82) is 0 Å². The number of tetrazole rings is 1. The number of hydrogen-bond acceptors (Lipinski definition) is 7. The summed E-state index contributed by atoms with van der Waals surface area (Å²) in [5, 5.41) is 25.8. The average Bonchev–Trinajstić information content (AvgIpc) is 3.49. The predicted octanol–water partition coefficient (Wildman–Crippen LogP) is 2.68. The second kappa shape index (κ2) is 9.41. The maximum atomic E-state index is 13.7. The average molecular weight is 514 g/mol. The molecular formula is C22H30F3N7O2S. The van der Waals surface area contributed by atoms with Crippen LogP contribution in [-0.4, -0.2) is 53.7 Å². The van der Waals surface area contributed by atoms with Crippen molar-refractivity contribution in [3.63, 3.8) is 0 Å². The number of sulfonamides is 1. The lowest BCUT2D eigenvalue weighted by molar-refractivity contribution is -0.139. The fourth-order valence-corrected chi connectivity index (χ4v) is 7.29. The second-order valence-electron chi connectivity index (χ2n) is 10.0. The summed E-state index contributed by atoms with van der Waals surface area (Å²) < 4.78 is 66.0. The zero-order valence-corrected chi connectivity index (χ0v) is 20.0. The van der Waals surface area contributed by atoms with E-state index >= 15 is 0 Å². The first kappa shape index (κ1) is 24.6. The number of aromatic amines is 1. The number of benzene rings is 1. The summed E-state index contributed by atoms with van der Waals surface area (Å²) in [5.41, 5.74) is -1.04. The van der Waals surface area contributed by atoms with E-state index < -0.39 is 26.7 Å². The van der Waals surface area contributed by atoms with E-state index in [0.717, 1.165) is 37.8 Å². The van der Waals surface area contributed by atoms with E-state index in [-0.39, 0.29) is 17.3 Å². The highest BCUT2D eigenvalue weighted by molar-refractivity contribution is 7.89. The van der Waals surface area contributed by atoms with Crippen molar-refractivity contribution in [3.8, 4) is 11.4 Å². The summed E-state index contributed by atoms with van der Waals surface area (Å²) in [6.45, 7) is 1.10. The normalized spacial score (nSPS) is 29.8. The van der Waals surface area contributed by atoms with Crippen molar-refractivity contribution >= 4 is 10.0 Å². The Balaban J connectivity index is 1.38. The zero-order valence-electron chi connectivity index (χ0n) is 19.2. The van der Waals surface area contributed by atoms with Crippen LogP contribution in [-0.2, 0) is 16.2 Å². The molecule has 1 aromatic carbocycles. The van der Waals surface area contributed by atoms with Crippen LogP contribution in [0, 0.1) is 5.92 Å². The summed E-state index contributed by atoms with van der Waals surface area (Å²) in [6, 6.07) is 3.55. The number of primary sulfonamides is 1. The topological polar surface area (TPSA) is 139 Å². The van der Waals surface area contributed by atoms with E-state index in [1.165, 1.54) is 25.3 Å². The van der Waals surface area contributed by atoms with Gasteiger partial charge in [-0.3, -0.25) is 0 Å². The van der Waals surface area contributed by atoms with Crippen LogP contribution >= 0.6 is 0 Å². The van der Waals surface area contributed by atoms with Gasteiger partial charge in [0.15, 0.2) is 5.82 Å². The third-order valence-electron chi connectivity index (χ3n) is 7.92. The Hall–Kier alpha value is -2.09. The van der Waals surface area contributed by atoms with E-state index in [2.05, 4.69) is 31.3 Å². The van der Waals surface area contributed by atoms with Crippen LogP contribution in [0.4, 0.5) is 13.2 Å². The third kappa shape index (κ3) is 5.09. The van der Waals surface area contributed by atoms with Gasteiger partial charge in [-0.25, -0.2) is 18.7 Å². The van der Waals surface area contributed by atoms with E-state index in [0.29, 0.717) is 36.5 Å². The minimum Gasteiger partial charge on any atom is -0.314 e. The van der Waals surface area contributed by atoms with Crippen LogP contribution in [0.25, 0.3) is 11.4 Å². The third-order valence-corrected chi connectivity index (χ3v) is 8.91. The summed E-state index contributed by atoms with van der Waals surface area (Å²) in [7, 11) is -4.73. The maximum absolute atomic E-state index is 13.7. The van der Waals surface area contributed by atoms with Crippen molar-refractivity contribution in [2.75, 3.05) is 6.54 Å². The molecule has 1 aliphatic heterocycles. The van der Waals surface area contributed by atoms with Gasteiger partial charge in [0.05, 0.1) is 5.56 Å². The van der Waals surface area contributed by atoms with Crippen LogP contribution in [0.1, 0.15) is 68.4 Å². The fourth-order valence-electron chi connectivity index (χ4n) is 6.30. The van der Waals surface area contributed by atoms with Crippen molar-refractivity contribution in [2.24, 2.45) is 11.1 Å². The fraction of sp³-hybridized carbons (Fsp3) is 0.682. The minimum atomic E-state index is -4.91. The number of rotatable bonds is 5. The molecule has 13 heteroatoms. The van der Waals surface area contributed by atoms with Gasteiger partial charge < -0.3 is 10.6 Å². The van der Waals surface area contributed by atoms with Crippen molar-refractivity contribution in [3.05, 3.63) is 23.3 Å². The number of alkyl halides is 3. The molecule has 35 heavy (non-hydrogen) atoms. The Morgan fingerprint density at radius 1 is 1.03 bits per heavy atom. The lowest BCUT2D eigenvalue weighted by Crippen LogP contribution is -2.47. The summed E-state index contributed by atoms with van der Waals surface area (Å²) in [4.78, 5) is -0.984. The molecule has 2 heterocycles. The van der Waals surface area contributed by atoms with Gasteiger partial charge in [0.2, 0.25) is 10.0 Å². The molecule has 3 fully saturated rings. The Morgan fingerprint density at radius 3 is 2.43 bits per heavy atom. The van der Waals surface area contributed by atoms with Gasteiger partial charge in [-0.05, 0) is 91.8 Å². The highest BCUT2D eigenvalue weighted by Gasteiger charge is 2.41. The molecule has 192 valence electrons. The molecule has 3 aliphatic rings. The molecule has 2 saturated carbocycles. The van der Waals surface area contributed by atoms with Crippen LogP contribution in [0.2, 0.25) is 0 Å². The Morgan fingerprint density at radius 2 is 1.77 bits per heavy atom. The summed E-state index contributed by atoms with van der Waals surface area (Å²) in [6.07, 6.45) is 3.01. The van der Waals surface area contributed by atoms with Crippen LogP contribution in [0.15, 0.2) is 17.0 Å². The van der Waals surface area contributed by atoms with Crippen molar-refractivity contribution in [1.82, 2.24) is 31.3 Å². The Kier molecular flexibility index (Phi) is 6.62. The van der Waals surface area contributed by atoms with Gasteiger partial charge in [-0.2, -0.15) is 13.2 Å². The molecule has 0 unspecified atom stereocenters. The maximum Gasteiger partial charge on any atom is 0.417 e. The molecule has 2 aliphatic carbocycles. The summed E-state index contributed by atoms with van der Waals surface area (Å²) in [5.74, 6) is 0.514. The van der Waals surface area contributed by atoms with E-state index in [4.69, 9.17) is 5.14 Å². The number of nitrogens with zero attached hydrogens (tertiary/aromatic N) is 3. The number of halogens is 3. The van der Waals surface area contributed by atoms with Gasteiger partial charge in [0, 0.05) is 23.7 Å². The molecule has 0 amide bonds. The number of fused-ring (bicyclic) bond motifs is 1. The van der Waals surface area contributed by atoms with Gasteiger partial charge in [-0.1, -0.05) is 6.07 Å². The van der Waals surface area contributed by atoms with Crippen LogP contribution < -0.4 is 15.8 Å². The monoisotopic (exact) mass is 513 g/mol. The number of aromatic nitrogens is 4. The first-order valence-corrected chi connectivity index (χ1v) is 13.7. The molecule has 0 bridgehead atoms. The standard InChI is InChI=1S/C22H30F3N7O2S/c23-22(24,25)17-8-7-16(19(20(17)35(26,33)34)21-29-31-32-30-21)12-1-4-14(5-2-12)28-15-6-3-13-9-10-27-18(13)11-15/h7-8,12-15,18,27-28H,1-6,9-11H2,(H2,26,33,34)(H,29,30,31,32)/t12?,13-,14?,15-,18-/m0/s1. The van der Waals surface area contributed by atoms with Gasteiger partial charge in [0.25, 0.3) is 0 Å². The SMILES string of the molecule is NS(=O)(=O)c1c(C(F)(F)F)ccc(C2CCC(N[C@H]3CC[C@H]4CCN[C@H]4C3)CC2)c1-c1nnn[nH]1. The molecule has 5 N–H and O–H groups in total. The highest BCUT2D eigenvalue weighted by atomic mass is 32.2. The molecular weight excluding hydrogens is 483 g/mol. The second-order valence-corrected chi connectivity index (χ2v) is 11.5. The van der Waals surface area contributed by atoms with Crippen LogP contribution in [0.3, 0.4) is 0 Å². The first-order chi connectivity index (χ1) is 16.6. The highest BCUT2D eigenvalue weighted by Crippen LogP contribution is 2.45. The molecule has 0 spiro atoms. The Labute approximate surface area is 201 Å². The smallest absolute Gasteiger partial charge is 0.314 e. The van der Waals surface area contributed by atoms with E-state index in [1.54, 1.807) is 0 Å². The van der Waals surface area contributed by atoms with Crippen molar-refractivity contribution in [2.45, 2.75) is 86.5 Å². The number of H-pyrrole nitrogens is 1. The van der Waals surface area contributed by atoms with Crippen LogP contribution in [0.5, 0.6) is 0 Å². The Bertz CT molecular complexity index is 1150. The summed E-state index contributed by atoms with van der Waals surface area (Å²) >= 11 is 0. The largest absolute Gasteiger partial charge is 0.417 e. The van der Waals surface area contributed by atoms with E-state index in [1.807, 2.05) is 0 Å². The zero-order chi connectivity index (χ0) is 24.8. The lowest BCUT2D eigenvalue weighted by atomic mass is 9.78. The molecule has 9 nitrogen and oxygen atoms in total. The molecule has 0 radical (unpaired) electrons. The van der Waals surface area contributed by atoms with E-state index in [9.17, 15) is 21.6 Å². The minimum absolute atomic E-state index is 0.136. The predicted molar refractivity (Wildman–Crippen MR) is 122 cm³/mol. The molecule has 2 aromatic rings. The number of hydrogen-bond donors (Lipinski definition) is 4. The number of nitrogens with one attached hydrogen (secondary N) is 3. The molecule has 1 saturated heterocycles. The molecule has 1 aromatic heterocycles. The quantitative estimate of drug-likeness (QED) is 0.482. The molecule has 3 atom stereocenters. The van der Waals surface area contributed by atoms with Gasteiger partial charge in [0.1, 0.15) is 4.90 Å². The van der Waals surface area contributed by atoms with Gasteiger partial charge in [-0.15, -0.1) is 5.10 Å². The van der Waals surface area contributed by atoms with Gasteiger partial charge >= 0.3 is 6.18 Å². The first-order valence-electron chi connectivity index (χ1n) is 12.1. The van der Waals surface area contributed by atoms with Crippen molar-refractivity contribution < 1.29 is 21.6 Å². The lowest BCUT2D eigenvalue weighted by Gasteiger charge is -2.37. The molecule has 5 rings (SSSR count). The number of nitrogens with two attached hydrogens (primary N) is 1.